The molecule has 0 unspecified atom stereocenters. The van der Waals surface area contributed by atoms with Crippen LogP contribution >= 0.6 is 0 Å². The molecule has 0 saturated carbocycles. The van der Waals surface area contributed by atoms with Crippen LogP contribution in [0.4, 0.5) is 0 Å². The highest BCUT2D eigenvalue weighted by atomic mass is 16.4. The molecule has 1 aliphatic carbocycles. The lowest BCUT2D eigenvalue weighted by molar-refractivity contribution is -0.0641. The Morgan fingerprint density at radius 3 is 1.92 bits per heavy atom. The largest absolute Gasteiger partial charge is 0.392 e. The summed E-state index contributed by atoms with van der Waals surface area (Å²) in [6.45, 7) is 2.70. The van der Waals surface area contributed by atoms with E-state index in [0.717, 1.165) is 19.4 Å². The average Bonchev–Trinajstić information content (AvgIpc) is 2.59. The maximum atomic E-state index is 9.98. The SMILES string of the molecule is CCCCCCCCCCCCN[C@H]1C=C(CO)[C@@H](O)[C@H](O)[C@H]1O. The van der Waals surface area contributed by atoms with Crippen molar-refractivity contribution in [3.8, 4) is 0 Å². The van der Waals surface area contributed by atoms with Crippen molar-refractivity contribution in [1.82, 2.24) is 5.32 Å². The minimum absolute atomic E-state index is 0.304. The molecule has 0 fully saturated rings. The van der Waals surface area contributed by atoms with Gasteiger partial charge in [0, 0.05) is 0 Å². The minimum atomic E-state index is -1.25. The Hall–Kier alpha value is -0.460. The van der Waals surface area contributed by atoms with Crippen molar-refractivity contribution in [2.45, 2.75) is 95.5 Å². The highest BCUT2D eigenvalue weighted by Crippen LogP contribution is 2.20. The fourth-order valence-electron chi connectivity index (χ4n) is 3.25. The number of hydrogen-bond acceptors (Lipinski definition) is 5. The van der Waals surface area contributed by atoms with E-state index in [4.69, 9.17) is 0 Å². The van der Waals surface area contributed by atoms with E-state index in [0.29, 0.717) is 5.57 Å². The fourth-order valence-corrected chi connectivity index (χ4v) is 3.25. The van der Waals surface area contributed by atoms with Crippen LogP contribution in [0.25, 0.3) is 0 Å². The summed E-state index contributed by atoms with van der Waals surface area (Å²) in [5.41, 5.74) is 0.369. The molecule has 0 aliphatic heterocycles. The maximum absolute atomic E-state index is 9.98. The first-order chi connectivity index (χ1) is 11.6. The molecule has 0 spiro atoms. The summed E-state index contributed by atoms with van der Waals surface area (Å²) in [7, 11) is 0. The Morgan fingerprint density at radius 2 is 1.38 bits per heavy atom. The molecular formula is C19H37NO4. The molecule has 1 rings (SSSR count). The molecule has 4 atom stereocenters. The van der Waals surface area contributed by atoms with E-state index in [-0.39, 0.29) is 6.61 Å². The second-order valence-corrected chi connectivity index (χ2v) is 6.99. The summed E-state index contributed by atoms with van der Waals surface area (Å²) in [5.74, 6) is 0. The van der Waals surface area contributed by atoms with Crippen LogP contribution in [0, 0.1) is 0 Å². The van der Waals surface area contributed by atoms with Crippen molar-refractivity contribution < 1.29 is 20.4 Å². The third kappa shape index (κ3) is 7.62. The summed E-state index contributed by atoms with van der Waals surface area (Å²) in [5, 5.41) is 41.9. The van der Waals surface area contributed by atoms with Crippen LogP contribution < -0.4 is 5.32 Å². The second-order valence-electron chi connectivity index (χ2n) is 6.99. The molecule has 0 aromatic carbocycles. The molecule has 0 aromatic heterocycles. The van der Waals surface area contributed by atoms with Crippen molar-refractivity contribution in [3.63, 3.8) is 0 Å². The third-order valence-electron chi connectivity index (χ3n) is 4.91. The summed E-state index contributed by atoms with van der Waals surface area (Å²) < 4.78 is 0. The van der Waals surface area contributed by atoms with Crippen LogP contribution in [0.15, 0.2) is 11.6 Å². The van der Waals surface area contributed by atoms with E-state index in [9.17, 15) is 20.4 Å². The van der Waals surface area contributed by atoms with Crippen molar-refractivity contribution in [2.75, 3.05) is 13.2 Å². The lowest BCUT2D eigenvalue weighted by atomic mass is 9.88. The minimum Gasteiger partial charge on any atom is -0.392 e. The first-order valence-electron chi connectivity index (χ1n) is 9.70. The van der Waals surface area contributed by atoms with Gasteiger partial charge in [-0.25, -0.2) is 0 Å². The molecule has 5 nitrogen and oxygen atoms in total. The van der Waals surface area contributed by atoms with Crippen molar-refractivity contribution in [3.05, 3.63) is 11.6 Å². The molecule has 0 saturated heterocycles. The monoisotopic (exact) mass is 343 g/mol. The van der Waals surface area contributed by atoms with Gasteiger partial charge in [0.2, 0.25) is 0 Å². The number of rotatable bonds is 13. The molecule has 0 aromatic rings. The second kappa shape index (κ2) is 12.8. The van der Waals surface area contributed by atoms with Crippen LogP contribution in [0.2, 0.25) is 0 Å². The van der Waals surface area contributed by atoms with Gasteiger partial charge in [0.05, 0.1) is 12.6 Å². The Balaban J connectivity index is 2.07. The first kappa shape index (κ1) is 21.6. The molecule has 5 heteroatoms. The number of hydrogen-bond donors (Lipinski definition) is 5. The zero-order chi connectivity index (χ0) is 17.8. The fraction of sp³-hybridized carbons (Fsp3) is 0.895. The summed E-state index contributed by atoms with van der Waals surface area (Å²) in [4.78, 5) is 0. The molecule has 5 N–H and O–H groups in total. The molecular weight excluding hydrogens is 306 g/mol. The summed E-state index contributed by atoms with van der Waals surface area (Å²) in [6, 6.07) is -0.413. The van der Waals surface area contributed by atoms with E-state index in [1.165, 1.54) is 51.4 Å². The van der Waals surface area contributed by atoms with E-state index in [1.54, 1.807) is 6.08 Å². The lowest BCUT2D eigenvalue weighted by Gasteiger charge is -2.34. The summed E-state index contributed by atoms with van der Waals surface area (Å²) in [6.07, 6.45) is 10.9. The number of nitrogens with one attached hydrogen (secondary N) is 1. The van der Waals surface area contributed by atoms with Gasteiger partial charge in [0.25, 0.3) is 0 Å². The van der Waals surface area contributed by atoms with E-state index >= 15 is 0 Å². The molecule has 0 bridgehead atoms. The highest BCUT2D eigenvalue weighted by molar-refractivity contribution is 5.21. The molecule has 1 aliphatic rings. The van der Waals surface area contributed by atoms with Gasteiger partial charge in [-0.1, -0.05) is 70.8 Å². The van der Waals surface area contributed by atoms with Crippen molar-refractivity contribution in [2.24, 2.45) is 0 Å². The Morgan fingerprint density at radius 1 is 0.833 bits per heavy atom. The van der Waals surface area contributed by atoms with Crippen LogP contribution in [0.5, 0.6) is 0 Å². The van der Waals surface area contributed by atoms with Crippen LogP contribution in [-0.2, 0) is 0 Å². The third-order valence-corrected chi connectivity index (χ3v) is 4.91. The van der Waals surface area contributed by atoms with Crippen LogP contribution in [-0.4, -0.2) is 57.9 Å². The first-order valence-corrected chi connectivity index (χ1v) is 9.70. The molecule has 142 valence electrons. The molecule has 0 heterocycles. The molecule has 24 heavy (non-hydrogen) atoms. The van der Waals surface area contributed by atoms with Gasteiger partial charge < -0.3 is 25.7 Å². The lowest BCUT2D eigenvalue weighted by Crippen LogP contribution is -2.54. The van der Waals surface area contributed by atoms with Gasteiger partial charge in [-0.3, -0.25) is 0 Å². The number of aliphatic hydroxyl groups is 4. The Labute approximate surface area is 146 Å². The smallest absolute Gasteiger partial charge is 0.111 e. The predicted octanol–water partition coefficient (Wildman–Crippen LogP) is 1.88. The zero-order valence-corrected chi connectivity index (χ0v) is 15.2. The van der Waals surface area contributed by atoms with Gasteiger partial charge in [-0.15, -0.1) is 0 Å². The number of unbranched alkanes of at least 4 members (excludes halogenated alkanes) is 9. The zero-order valence-electron chi connectivity index (χ0n) is 15.2. The predicted molar refractivity (Wildman–Crippen MR) is 96.8 cm³/mol. The van der Waals surface area contributed by atoms with Gasteiger partial charge in [-0.05, 0) is 18.5 Å². The Kier molecular flexibility index (Phi) is 11.5. The number of aliphatic hydroxyl groups excluding tert-OH is 4. The standard InChI is InChI=1S/C19H37NO4/c1-2-3-4-5-6-7-8-9-10-11-12-20-16-13-15(14-21)17(22)19(24)18(16)23/h13,16-24H,2-12,14H2,1H3/t16-,17+,18-,19-/m0/s1. The topological polar surface area (TPSA) is 93.0 Å². The molecule has 0 radical (unpaired) electrons. The quantitative estimate of drug-likeness (QED) is 0.260. The van der Waals surface area contributed by atoms with Crippen LogP contribution in [0.3, 0.4) is 0 Å². The summed E-state index contributed by atoms with van der Waals surface area (Å²) >= 11 is 0. The molecule has 0 amide bonds. The van der Waals surface area contributed by atoms with Crippen LogP contribution in [0.1, 0.15) is 71.1 Å². The van der Waals surface area contributed by atoms with E-state index in [2.05, 4.69) is 12.2 Å². The van der Waals surface area contributed by atoms with Gasteiger partial charge in [0.1, 0.15) is 18.3 Å². The Bertz CT molecular complexity index is 348. The van der Waals surface area contributed by atoms with Crippen molar-refractivity contribution in [1.29, 1.82) is 0 Å². The van der Waals surface area contributed by atoms with Gasteiger partial charge >= 0.3 is 0 Å². The van der Waals surface area contributed by atoms with E-state index < -0.39 is 24.4 Å². The van der Waals surface area contributed by atoms with Gasteiger partial charge in [0.15, 0.2) is 0 Å². The van der Waals surface area contributed by atoms with Gasteiger partial charge in [-0.2, -0.15) is 0 Å². The van der Waals surface area contributed by atoms with Crippen molar-refractivity contribution >= 4 is 0 Å². The normalized spacial score (nSPS) is 27.3. The maximum Gasteiger partial charge on any atom is 0.111 e. The highest BCUT2D eigenvalue weighted by Gasteiger charge is 2.36. The average molecular weight is 344 g/mol. The van der Waals surface area contributed by atoms with E-state index in [1.807, 2.05) is 0 Å².